The van der Waals surface area contributed by atoms with Crippen molar-refractivity contribution in [3.05, 3.63) is 23.8 Å². The van der Waals surface area contributed by atoms with Crippen molar-refractivity contribution in [2.75, 3.05) is 19.8 Å². The first-order chi connectivity index (χ1) is 9.83. The zero-order chi connectivity index (χ0) is 13.8. The minimum atomic E-state index is 0.149. The van der Waals surface area contributed by atoms with Crippen LogP contribution in [0.15, 0.2) is 18.2 Å². The van der Waals surface area contributed by atoms with Gasteiger partial charge in [-0.15, -0.1) is 0 Å². The van der Waals surface area contributed by atoms with Crippen LogP contribution in [0.1, 0.15) is 42.5 Å². The van der Waals surface area contributed by atoms with E-state index >= 15 is 0 Å². The lowest BCUT2D eigenvalue weighted by atomic mass is 10.00. The molecule has 2 heterocycles. The van der Waals surface area contributed by atoms with E-state index in [4.69, 9.17) is 14.2 Å². The molecule has 1 unspecified atom stereocenters. The zero-order valence-electron chi connectivity index (χ0n) is 11.6. The molecule has 0 radical (unpaired) electrons. The molecular formula is C16H20O4. The largest absolute Gasteiger partial charge is 0.486 e. The summed E-state index contributed by atoms with van der Waals surface area (Å²) in [6.45, 7) is 1.95. The molecule has 0 spiro atoms. The van der Waals surface area contributed by atoms with E-state index < -0.39 is 0 Å². The summed E-state index contributed by atoms with van der Waals surface area (Å²) in [6, 6.07) is 5.43. The maximum absolute atomic E-state index is 12.2. The Hall–Kier alpha value is -1.55. The molecule has 4 nitrogen and oxygen atoms in total. The Morgan fingerprint density at radius 1 is 1.10 bits per heavy atom. The van der Waals surface area contributed by atoms with Gasteiger partial charge in [-0.3, -0.25) is 4.79 Å². The van der Waals surface area contributed by atoms with Crippen LogP contribution in [0.5, 0.6) is 11.5 Å². The standard InChI is InChI=1S/C16H20O4/c17-14(6-5-13-3-1-2-8-18-13)12-4-7-15-16(11-12)20-10-9-19-15/h4,7,11,13H,1-3,5-6,8-10H2. The summed E-state index contributed by atoms with van der Waals surface area (Å²) in [6.07, 6.45) is 5.03. The fourth-order valence-electron chi connectivity index (χ4n) is 2.69. The molecule has 1 saturated heterocycles. The summed E-state index contributed by atoms with van der Waals surface area (Å²) in [5.41, 5.74) is 0.699. The van der Waals surface area contributed by atoms with E-state index in [1.54, 1.807) is 6.07 Å². The average Bonchev–Trinajstić information content (AvgIpc) is 2.53. The van der Waals surface area contributed by atoms with Gasteiger partial charge in [-0.25, -0.2) is 0 Å². The maximum atomic E-state index is 12.2. The van der Waals surface area contributed by atoms with Crippen molar-refractivity contribution in [1.82, 2.24) is 0 Å². The van der Waals surface area contributed by atoms with Gasteiger partial charge in [0.25, 0.3) is 0 Å². The number of ketones is 1. The van der Waals surface area contributed by atoms with Crippen LogP contribution < -0.4 is 9.47 Å². The van der Waals surface area contributed by atoms with E-state index in [2.05, 4.69) is 0 Å². The van der Waals surface area contributed by atoms with E-state index in [0.29, 0.717) is 30.9 Å². The Morgan fingerprint density at radius 2 is 1.95 bits per heavy atom. The van der Waals surface area contributed by atoms with Crippen molar-refractivity contribution in [3.63, 3.8) is 0 Å². The van der Waals surface area contributed by atoms with Gasteiger partial charge in [-0.1, -0.05) is 0 Å². The lowest BCUT2D eigenvalue weighted by molar-refractivity contribution is 0.0104. The highest BCUT2D eigenvalue weighted by molar-refractivity contribution is 5.96. The summed E-state index contributed by atoms with van der Waals surface area (Å²) in [4.78, 5) is 12.2. The molecule has 1 atom stereocenters. The summed E-state index contributed by atoms with van der Waals surface area (Å²) in [5.74, 6) is 1.55. The molecule has 4 heteroatoms. The Balaban J connectivity index is 1.59. The van der Waals surface area contributed by atoms with Gasteiger partial charge in [0, 0.05) is 18.6 Å². The van der Waals surface area contributed by atoms with Gasteiger partial charge in [-0.05, 0) is 43.9 Å². The van der Waals surface area contributed by atoms with Crippen molar-refractivity contribution in [2.45, 2.75) is 38.2 Å². The molecule has 2 aliphatic rings. The van der Waals surface area contributed by atoms with Crippen LogP contribution in [-0.4, -0.2) is 31.7 Å². The SMILES string of the molecule is O=C(CCC1CCCCO1)c1ccc2c(c1)OCCO2. The molecule has 0 amide bonds. The van der Waals surface area contributed by atoms with Gasteiger partial charge in [0.2, 0.25) is 0 Å². The number of ether oxygens (including phenoxy) is 3. The summed E-state index contributed by atoms with van der Waals surface area (Å²) >= 11 is 0. The van der Waals surface area contributed by atoms with Crippen LogP contribution in [0.4, 0.5) is 0 Å². The number of benzene rings is 1. The van der Waals surface area contributed by atoms with Gasteiger partial charge in [0.1, 0.15) is 13.2 Å². The molecule has 1 aromatic carbocycles. The van der Waals surface area contributed by atoms with Crippen LogP contribution in [-0.2, 0) is 4.74 Å². The number of carbonyl (C=O) groups excluding carboxylic acids is 1. The van der Waals surface area contributed by atoms with Crippen molar-refractivity contribution in [2.24, 2.45) is 0 Å². The Morgan fingerprint density at radius 3 is 2.75 bits per heavy atom. The van der Waals surface area contributed by atoms with Gasteiger partial charge in [0.05, 0.1) is 6.10 Å². The molecular weight excluding hydrogens is 256 g/mol. The van der Waals surface area contributed by atoms with Gasteiger partial charge < -0.3 is 14.2 Å². The Kier molecular flexibility index (Phi) is 4.21. The number of hydrogen-bond donors (Lipinski definition) is 0. The third kappa shape index (κ3) is 3.12. The first-order valence-electron chi connectivity index (χ1n) is 7.37. The first kappa shape index (κ1) is 13.4. The minimum absolute atomic E-state index is 0.149. The third-order valence-corrected chi connectivity index (χ3v) is 3.83. The second kappa shape index (κ2) is 6.27. The van der Waals surface area contributed by atoms with E-state index in [1.807, 2.05) is 12.1 Å². The lowest BCUT2D eigenvalue weighted by Crippen LogP contribution is -2.20. The molecule has 20 heavy (non-hydrogen) atoms. The van der Waals surface area contributed by atoms with Crippen LogP contribution in [0.25, 0.3) is 0 Å². The van der Waals surface area contributed by atoms with Crippen molar-refractivity contribution >= 4 is 5.78 Å². The van der Waals surface area contributed by atoms with Crippen LogP contribution in [0.3, 0.4) is 0 Å². The van der Waals surface area contributed by atoms with Crippen molar-refractivity contribution in [1.29, 1.82) is 0 Å². The van der Waals surface area contributed by atoms with Gasteiger partial charge >= 0.3 is 0 Å². The van der Waals surface area contributed by atoms with Crippen molar-refractivity contribution in [3.8, 4) is 11.5 Å². The minimum Gasteiger partial charge on any atom is -0.486 e. The molecule has 0 bridgehead atoms. The number of rotatable bonds is 4. The second-order valence-corrected chi connectivity index (χ2v) is 5.31. The fourth-order valence-corrected chi connectivity index (χ4v) is 2.69. The monoisotopic (exact) mass is 276 g/mol. The summed E-state index contributed by atoms with van der Waals surface area (Å²) in [5, 5.41) is 0. The zero-order valence-corrected chi connectivity index (χ0v) is 11.6. The molecule has 0 aliphatic carbocycles. The first-order valence-corrected chi connectivity index (χ1v) is 7.37. The number of fused-ring (bicyclic) bond motifs is 1. The smallest absolute Gasteiger partial charge is 0.163 e. The molecule has 1 aromatic rings. The number of hydrogen-bond acceptors (Lipinski definition) is 4. The molecule has 3 rings (SSSR count). The highest BCUT2D eigenvalue weighted by atomic mass is 16.6. The van der Waals surface area contributed by atoms with Gasteiger partial charge in [-0.2, -0.15) is 0 Å². The second-order valence-electron chi connectivity index (χ2n) is 5.31. The topological polar surface area (TPSA) is 44.8 Å². The molecule has 2 aliphatic heterocycles. The van der Waals surface area contributed by atoms with Gasteiger partial charge in [0.15, 0.2) is 17.3 Å². The predicted molar refractivity (Wildman–Crippen MR) is 74.6 cm³/mol. The summed E-state index contributed by atoms with van der Waals surface area (Å²) < 4.78 is 16.6. The Labute approximate surface area is 119 Å². The normalized spacial score (nSPS) is 21.5. The molecule has 0 aromatic heterocycles. The van der Waals surface area contributed by atoms with E-state index in [-0.39, 0.29) is 11.9 Å². The number of Topliss-reactive ketones (excluding diaryl/α,β-unsaturated/α-hetero) is 1. The van der Waals surface area contributed by atoms with Crippen molar-refractivity contribution < 1.29 is 19.0 Å². The highest BCUT2D eigenvalue weighted by Crippen LogP contribution is 2.31. The molecule has 108 valence electrons. The number of carbonyl (C=O) groups is 1. The van der Waals surface area contributed by atoms with E-state index in [0.717, 1.165) is 31.6 Å². The summed E-state index contributed by atoms with van der Waals surface area (Å²) in [7, 11) is 0. The molecule has 0 N–H and O–H groups in total. The third-order valence-electron chi connectivity index (χ3n) is 3.83. The average molecular weight is 276 g/mol. The molecule has 1 fully saturated rings. The van der Waals surface area contributed by atoms with Crippen LogP contribution >= 0.6 is 0 Å². The highest BCUT2D eigenvalue weighted by Gasteiger charge is 2.18. The van der Waals surface area contributed by atoms with E-state index in [9.17, 15) is 4.79 Å². The molecule has 0 saturated carbocycles. The fraction of sp³-hybridized carbons (Fsp3) is 0.562. The van der Waals surface area contributed by atoms with E-state index in [1.165, 1.54) is 6.42 Å². The quantitative estimate of drug-likeness (QED) is 0.793. The van der Waals surface area contributed by atoms with Crippen LogP contribution in [0, 0.1) is 0 Å². The Bertz CT molecular complexity index is 477. The predicted octanol–water partition coefficient (Wildman–Crippen LogP) is 2.99. The lowest BCUT2D eigenvalue weighted by Gasteiger charge is -2.22. The maximum Gasteiger partial charge on any atom is 0.163 e. The van der Waals surface area contributed by atoms with Crippen LogP contribution in [0.2, 0.25) is 0 Å².